The predicted molar refractivity (Wildman–Crippen MR) is 67.5 cm³/mol. The highest BCUT2D eigenvalue weighted by Gasteiger charge is 2.27. The monoisotopic (exact) mass is 282 g/mol. The summed E-state index contributed by atoms with van der Waals surface area (Å²) in [6.07, 6.45) is 0.741. The average molecular weight is 282 g/mol. The van der Waals surface area contributed by atoms with Gasteiger partial charge in [-0.1, -0.05) is 5.16 Å². The molecule has 0 saturated carbocycles. The van der Waals surface area contributed by atoms with Gasteiger partial charge in [-0.05, 0) is 20.3 Å². The largest absolute Gasteiger partial charge is 0.362 e. The molecular formula is C12H18N4O4. The summed E-state index contributed by atoms with van der Waals surface area (Å²) < 4.78 is 10.1. The predicted octanol–water partition coefficient (Wildman–Crippen LogP) is -0.368. The van der Waals surface area contributed by atoms with Crippen LogP contribution in [0.15, 0.2) is 4.52 Å². The number of aromatic nitrogens is 2. The molecule has 20 heavy (non-hydrogen) atoms. The van der Waals surface area contributed by atoms with Gasteiger partial charge < -0.3 is 19.5 Å². The second-order valence-electron chi connectivity index (χ2n) is 4.64. The number of hydrogen-bond acceptors (Lipinski definition) is 6. The van der Waals surface area contributed by atoms with Crippen LogP contribution in [0.2, 0.25) is 0 Å². The van der Waals surface area contributed by atoms with Crippen LogP contribution in [0.4, 0.5) is 0 Å². The van der Waals surface area contributed by atoms with Gasteiger partial charge in [-0.15, -0.1) is 0 Å². The zero-order valence-electron chi connectivity index (χ0n) is 11.6. The van der Waals surface area contributed by atoms with Crippen molar-refractivity contribution in [1.82, 2.24) is 20.4 Å². The Hall–Kier alpha value is -1.96. The zero-order valence-corrected chi connectivity index (χ0v) is 11.6. The molecule has 1 saturated heterocycles. The fourth-order valence-electron chi connectivity index (χ4n) is 1.99. The minimum atomic E-state index is -0.473. The van der Waals surface area contributed by atoms with E-state index in [9.17, 15) is 9.59 Å². The number of carbonyl (C=O) groups excluding carboxylic acids is 2. The Morgan fingerprint density at radius 3 is 3.10 bits per heavy atom. The van der Waals surface area contributed by atoms with Gasteiger partial charge in [0, 0.05) is 13.1 Å². The smallest absolute Gasteiger partial charge is 0.252 e. The first-order valence-electron chi connectivity index (χ1n) is 6.52. The van der Waals surface area contributed by atoms with E-state index >= 15 is 0 Å². The van der Waals surface area contributed by atoms with Crippen LogP contribution in [-0.2, 0) is 20.9 Å². The summed E-state index contributed by atoms with van der Waals surface area (Å²) >= 11 is 0. The average Bonchev–Trinajstić information content (AvgIpc) is 2.75. The van der Waals surface area contributed by atoms with Gasteiger partial charge in [-0.25, -0.2) is 0 Å². The SMILES string of the molecule is Cc1noc(COCC(=O)N2CCCNC(=O)C2C)n1. The first-order valence-corrected chi connectivity index (χ1v) is 6.52. The van der Waals surface area contributed by atoms with E-state index in [1.54, 1.807) is 13.8 Å². The fourth-order valence-corrected chi connectivity index (χ4v) is 1.99. The molecule has 0 radical (unpaired) electrons. The molecule has 0 bridgehead atoms. The van der Waals surface area contributed by atoms with Gasteiger partial charge in [0.25, 0.3) is 5.89 Å². The molecule has 1 aliphatic rings. The van der Waals surface area contributed by atoms with Crippen molar-refractivity contribution >= 4 is 11.8 Å². The summed E-state index contributed by atoms with van der Waals surface area (Å²) in [6.45, 7) is 4.52. The molecule has 1 unspecified atom stereocenters. The van der Waals surface area contributed by atoms with Crippen molar-refractivity contribution in [2.24, 2.45) is 0 Å². The molecule has 2 rings (SSSR count). The lowest BCUT2D eigenvalue weighted by molar-refractivity contribution is -0.143. The number of nitrogens with zero attached hydrogens (tertiary/aromatic N) is 3. The second-order valence-corrected chi connectivity index (χ2v) is 4.64. The summed E-state index contributed by atoms with van der Waals surface area (Å²) in [7, 11) is 0. The fraction of sp³-hybridized carbons (Fsp3) is 0.667. The number of carbonyl (C=O) groups is 2. The highest BCUT2D eigenvalue weighted by Crippen LogP contribution is 2.06. The van der Waals surface area contributed by atoms with Crippen LogP contribution in [0.3, 0.4) is 0 Å². The molecule has 1 atom stereocenters. The number of hydrogen-bond donors (Lipinski definition) is 1. The molecule has 1 N–H and O–H groups in total. The molecule has 1 aromatic heterocycles. The lowest BCUT2D eigenvalue weighted by atomic mass is 10.2. The standard InChI is InChI=1S/C12H18N4O4/c1-8-12(18)13-4-3-5-16(8)11(17)7-19-6-10-14-9(2)15-20-10/h8H,3-7H2,1-2H3,(H,13,18). The van der Waals surface area contributed by atoms with E-state index in [2.05, 4.69) is 15.5 Å². The first-order chi connectivity index (χ1) is 9.58. The van der Waals surface area contributed by atoms with E-state index in [4.69, 9.17) is 9.26 Å². The van der Waals surface area contributed by atoms with Crippen LogP contribution in [0, 0.1) is 6.92 Å². The highest BCUT2D eigenvalue weighted by molar-refractivity contribution is 5.88. The third-order valence-electron chi connectivity index (χ3n) is 3.06. The topological polar surface area (TPSA) is 97.6 Å². The zero-order chi connectivity index (χ0) is 14.5. The Morgan fingerprint density at radius 1 is 1.60 bits per heavy atom. The van der Waals surface area contributed by atoms with Gasteiger partial charge in [0.05, 0.1) is 0 Å². The number of aryl methyl sites for hydroxylation is 1. The van der Waals surface area contributed by atoms with Gasteiger partial charge in [0.15, 0.2) is 5.82 Å². The van der Waals surface area contributed by atoms with Crippen molar-refractivity contribution < 1.29 is 18.8 Å². The van der Waals surface area contributed by atoms with Crippen molar-refractivity contribution in [2.75, 3.05) is 19.7 Å². The van der Waals surface area contributed by atoms with E-state index < -0.39 is 6.04 Å². The molecule has 2 amide bonds. The van der Waals surface area contributed by atoms with Crippen LogP contribution in [0.5, 0.6) is 0 Å². The summed E-state index contributed by atoms with van der Waals surface area (Å²) in [6, 6.07) is -0.473. The Morgan fingerprint density at radius 2 is 2.40 bits per heavy atom. The molecular weight excluding hydrogens is 264 g/mol. The molecule has 8 heteroatoms. The van der Waals surface area contributed by atoms with E-state index in [0.717, 1.165) is 6.42 Å². The van der Waals surface area contributed by atoms with Gasteiger partial charge in [-0.3, -0.25) is 9.59 Å². The quantitative estimate of drug-likeness (QED) is 0.809. The maximum Gasteiger partial charge on any atom is 0.252 e. The van der Waals surface area contributed by atoms with E-state index in [1.165, 1.54) is 4.90 Å². The number of rotatable bonds is 4. The van der Waals surface area contributed by atoms with Crippen molar-refractivity contribution in [3.05, 3.63) is 11.7 Å². The minimum Gasteiger partial charge on any atom is -0.362 e. The minimum absolute atomic E-state index is 0.0843. The maximum absolute atomic E-state index is 12.1. The second kappa shape index (κ2) is 6.47. The third-order valence-corrected chi connectivity index (χ3v) is 3.06. The summed E-state index contributed by atoms with van der Waals surface area (Å²) in [5, 5.41) is 6.38. The van der Waals surface area contributed by atoms with Gasteiger partial charge in [-0.2, -0.15) is 4.98 Å². The number of amides is 2. The van der Waals surface area contributed by atoms with Crippen molar-refractivity contribution in [1.29, 1.82) is 0 Å². The molecule has 0 spiro atoms. The Balaban J connectivity index is 1.82. The molecule has 0 aromatic carbocycles. The van der Waals surface area contributed by atoms with Crippen molar-refractivity contribution in [2.45, 2.75) is 32.9 Å². The molecule has 1 aliphatic heterocycles. The Kier molecular flexibility index (Phi) is 4.67. The molecule has 1 aromatic rings. The molecule has 2 heterocycles. The first kappa shape index (κ1) is 14.4. The van der Waals surface area contributed by atoms with Crippen LogP contribution >= 0.6 is 0 Å². The molecule has 1 fully saturated rings. The summed E-state index contributed by atoms with van der Waals surface area (Å²) in [4.78, 5) is 29.2. The van der Waals surface area contributed by atoms with Crippen molar-refractivity contribution in [3.8, 4) is 0 Å². The van der Waals surface area contributed by atoms with Gasteiger partial charge in [0.2, 0.25) is 11.8 Å². The van der Waals surface area contributed by atoms with Crippen molar-refractivity contribution in [3.63, 3.8) is 0 Å². The van der Waals surface area contributed by atoms with E-state index in [-0.39, 0.29) is 25.0 Å². The van der Waals surface area contributed by atoms with Crippen LogP contribution < -0.4 is 5.32 Å². The lowest BCUT2D eigenvalue weighted by Crippen LogP contribution is -2.46. The normalized spacial score (nSPS) is 19.6. The maximum atomic E-state index is 12.1. The third kappa shape index (κ3) is 3.53. The highest BCUT2D eigenvalue weighted by atomic mass is 16.5. The lowest BCUT2D eigenvalue weighted by Gasteiger charge is -2.25. The summed E-state index contributed by atoms with van der Waals surface area (Å²) in [5.41, 5.74) is 0. The van der Waals surface area contributed by atoms with Crippen LogP contribution in [0.25, 0.3) is 0 Å². The Bertz CT molecular complexity index is 488. The number of ether oxygens (including phenoxy) is 1. The molecule has 8 nitrogen and oxygen atoms in total. The van der Waals surface area contributed by atoms with Crippen LogP contribution in [0.1, 0.15) is 25.1 Å². The van der Waals surface area contributed by atoms with Gasteiger partial charge in [0.1, 0.15) is 19.3 Å². The molecule has 0 aliphatic carbocycles. The van der Waals surface area contributed by atoms with E-state index in [1.807, 2.05) is 0 Å². The van der Waals surface area contributed by atoms with Gasteiger partial charge >= 0.3 is 0 Å². The molecule has 110 valence electrons. The van der Waals surface area contributed by atoms with E-state index in [0.29, 0.717) is 24.8 Å². The summed E-state index contributed by atoms with van der Waals surface area (Å²) in [5.74, 6) is 0.499. The van der Waals surface area contributed by atoms with Crippen LogP contribution in [-0.4, -0.2) is 52.6 Å². The Labute approximate surface area is 116 Å². The number of nitrogens with one attached hydrogen (secondary N) is 1.